The Balaban J connectivity index is 2.28. The molecule has 0 radical (unpaired) electrons. The summed E-state index contributed by atoms with van der Waals surface area (Å²) in [6.45, 7) is 2.76. The van der Waals surface area contributed by atoms with Crippen LogP contribution in [0.1, 0.15) is 23.4 Å². The van der Waals surface area contributed by atoms with Crippen LogP contribution < -0.4 is 4.74 Å². The van der Waals surface area contributed by atoms with Gasteiger partial charge in [0.05, 0.1) is 20.3 Å². The summed E-state index contributed by atoms with van der Waals surface area (Å²) in [5.41, 5.74) is 1.98. The molecule has 1 heterocycles. The highest BCUT2D eigenvalue weighted by Crippen LogP contribution is 2.21. The van der Waals surface area contributed by atoms with Crippen LogP contribution in [0.3, 0.4) is 0 Å². The summed E-state index contributed by atoms with van der Waals surface area (Å²) in [6, 6.07) is 5.86. The molecule has 0 saturated heterocycles. The molecule has 104 valence electrons. The molecule has 0 amide bonds. The number of hydrogen-bond acceptors (Lipinski definition) is 3. The fourth-order valence-electron chi connectivity index (χ4n) is 1.95. The predicted molar refractivity (Wildman–Crippen MR) is 77.6 cm³/mol. The van der Waals surface area contributed by atoms with E-state index in [-0.39, 0.29) is 6.61 Å². The van der Waals surface area contributed by atoms with E-state index in [2.05, 4.69) is 21.4 Å². The maximum Gasteiger partial charge on any atom is 0.123 e. The molecule has 0 saturated carbocycles. The zero-order valence-corrected chi connectivity index (χ0v) is 11.8. The van der Waals surface area contributed by atoms with Gasteiger partial charge in [-0.15, -0.1) is 0 Å². The number of imidazole rings is 1. The van der Waals surface area contributed by atoms with Gasteiger partial charge in [0.25, 0.3) is 0 Å². The first-order chi connectivity index (χ1) is 9.74. The molecule has 0 aliphatic carbocycles. The molecule has 0 aliphatic rings. The minimum Gasteiger partial charge on any atom is -0.496 e. The maximum absolute atomic E-state index is 8.75. The number of ether oxygens (including phenoxy) is 1. The Labute approximate surface area is 119 Å². The predicted octanol–water partition coefficient (Wildman–Crippen LogP) is 1.98. The Morgan fingerprint density at radius 2 is 2.25 bits per heavy atom. The van der Waals surface area contributed by atoms with Crippen molar-refractivity contribution in [2.75, 3.05) is 13.7 Å². The topological polar surface area (TPSA) is 47.3 Å². The zero-order valence-electron chi connectivity index (χ0n) is 11.8. The lowest BCUT2D eigenvalue weighted by Crippen LogP contribution is -2.03. The molecule has 2 aromatic rings. The first kappa shape index (κ1) is 14.2. The summed E-state index contributed by atoms with van der Waals surface area (Å²) < 4.78 is 7.45. The quantitative estimate of drug-likeness (QED) is 0.864. The first-order valence-corrected chi connectivity index (χ1v) is 6.49. The number of benzene rings is 1. The third kappa shape index (κ3) is 3.40. The fraction of sp³-hybridized carbons (Fsp3) is 0.312. The smallest absolute Gasteiger partial charge is 0.123 e. The van der Waals surface area contributed by atoms with Crippen molar-refractivity contribution < 1.29 is 9.84 Å². The van der Waals surface area contributed by atoms with E-state index >= 15 is 0 Å². The normalized spacial score (nSPS) is 9.95. The number of aryl methyl sites for hydroxylation is 1. The van der Waals surface area contributed by atoms with Gasteiger partial charge in [0.2, 0.25) is 0 Å². The molecule has 0 spiro atoms. The number of rotatable bonds is 4. The van der Waals surface area contributed by atoms with Crippen LogP contribution in [0.2, 0.25) is 0 Å². The Bertz CT molecular complexity index is 635. The highest BCUT2D eigenvalue weighted by molar-refractivity contribution is 5.44. The molecular weight excluding hydrogens is 252 g/mol. The van der Waals surface area contributed by atoms with E-state index in [0.717, 1.165) is 22.7 Å². The van der Waals surface area contributed by atoms with Crippen molar-refractivity contribution >= 4 is 0 Å². The van der Waals surface area contributed by atoms with Gasteiger partial charge in [-0.1, -0.05) is 11.8 Å². The minimum atomic E-state index is 0.0875. The number of aliphatic hydroxyl groups is 1. The van der Waals surface area contributed by atoms with Crippen LogP contribution in [0.15, 0.2) is 30.6 Å². The average molecular weight is 270 g/mol. The summed E-state index contributed by atoms with van der Waals surface area (Å²) in [5, 5.41) is 8.75. The van der Waals surface area contributed by atoms with Gasteiger partial charge < -0.3 is 14.4 Å². The largest absolute Gasteiger partial charge is 0.496 e. The molecule has 1 aromatic carbocycles. The second kappa shape index (κ2) is 6.78. The molecular formula is C16H18N2O2. The monoisotopic (exact) mass is 270 g/mol. The number of aromatic nitrogens is 2. The summed E-state index contributed by atoms with van der Waals surface area (Å²) >= 11 is 0. The van der Waals surface area contributed by atoms with Crippen molar-refractivity contribution in [1.82, 2.24) is 9.55 Å². The van der Waals surface area contributed by atoms with Crippen LogP contribution in [-0.4, -0.2) is 28.4 Å². The van der Waals surface area contributed by atoms with E-state index < -0.39 is 0 Å². The van der Waals surface area contributed by atoms with Gasteiger partial charge in [-0.2, -0.15) is 0 Å². The molecule has 0 bridgehead atoms. The zero-order chi connectivity index (χ0) is 14.4. The number of aliphatic hydroxyl groups excluding tert-OH is 1. The first-order valence-electron chi connectivity index (χ1n) is 6.49. The molecule has 4 heteroatoms. The highest BCUT2D eigenvalue weighted by Gasteiger charge is 2.06. The molecule has 4 nitrogen and oxygen atoms in total. The molecule has 20 heavy (non-hydrogen) atoms. The van der Waals surface area contributed by atoms with Crippen molar-refractivity contribution in [3.8, 4) is 17.6 Å². The summed E-state index contributed by atoms with van der Waals surface area (Å²) in [5.74, 6) is 7.77. The molecule has 0 unspecified atom stereocenters. The molecule has 0 atom stereocenters. The van der Waals surface area contributed by atoms with Gasteiger partial charge in [0.15, 0.2) is 0 Å². The second-order valence-electron chi connectivity index (χ2n) is 4.40. The number of nitrogens with zero attached hydrogens (tertiary/aromatic N) is 2. The molecule has 2 rings (SSSR count). The van der Waals surface area contributed by atoms with Crippen molar-refractivity contribution in [1.29, 1.82) is 0 Å². The van der Waals surface area contributed by atoms with Crippen molar-refractivity contribution in [3.05, 3.63) is 47.5 Å². The third-order valence-corrected chi connectivity index (χ3v) is 3.01. The summed E-state index contributed by atoms with van der Waals surface area (Å²) in [6.07, 6.45) is 4.22. The molecule has 1 aromatic heterocycles. The average Bonchev–Trinajstić information content (AvgIpc) is 2.85. The minimum absolute atomic E-state index is 0.0875. The Morgan fingerprint density at radius 3 is 2.90 bits per heavy atom. The summed E-state index contributed by atoms with van der Waals surface area (Å²) in [4.78, 5) is 4.22. The number of methoxy groups -OCH3 is 1. The Morgan fingerprint density at radius 1 is 1.40 bits per heavy atom. The van der Waals surface area contributed by atoms with Crippen LogP contribution in [0, 0.1) is 18.8 Å². The number of hydrogen-bond donors (Lipinski definition) is 1. The molecule has 0 fully saturated rings. The van der Waals surface area contributed by atoms with Crippen LogP contribution in [0.5, 0.6) is 5.75 Å². The van der Waals surface area contributed by atoms with E-state index in [0.29, 0.717) is 13.0 Å². The van der Waals surface area contributed by atoms with Crippen molar-refractivity contribution in [3.63, 3.8) is 0 Å². The van der Waals surface area contributed by atoms with Crippen LogP contribution in [0.4, 0.5) is 0 Å². The fourth-order valence-corrected chi connectivity index (χ4v) is 1.95. The lowest BCUT2D eigenvalue weighted by molar-refractivity contribution is 0.305. The van der Waals surface area contributed by atoms with Crippen LogP contribution >= 0.6 is 0 Å². The van der Waals surface area contributed by atoms with Gasteiger partial charge in [-0.05, 0) is 25.1 Å². The standard InChI is InChI=1S/C16H18N2O2/c1-13-17-8-9-18(13)12-15-11-14(5-3-4-10-19)6-7-16(15)20-2/h6-9,11,19H,4,10,12H2,1-2H3. The van der Waals surface area contributed by atoms with Crippen molar-refractivity contribution in [2.24, 2.45) is 0 Å². The van der Waals surface area contributed by atoms with E-state index in [1.807, 2.05) is 31.3 Å². The van der Waals surface area contributed by atoms with Crippen LogP contribution in [0.25, 0.3) is 0 Å². The molecule has 0 aliphatic heterocycles. The summed E-state index contributed by atoms with van der Waals surface area (Å²) in [7, 11) is 1.66. The van der Waals surface area contributed by atoms with E-state index in [9.17, 15) is 0 Å². The molecule has 1 N–H and O–H groups in total. The lowest BCUT2D eigenvalue weighted by atomic mass is 10.1. The van der Waals surface area contributed by atoms with Gasteiger partial charge in [-0.3, -0.25) is 0 Å². The van der Waals surface area contributed by atoms with Gasteiger partial charge in [0.1, 0.15) is 11.6 Å². The maximum atomic E-state index is 8.75. The van der Waals surface area contributed by atoms with Gasteiger partial charge in [-0.25, -0.2) is 4.98 Å². The van der Waals surface area contributed by atoms with Gasteiger partial charge >= 0.3 is 0 Å². The van der Waals surface area contributed by atoms with Crippen molar-refractivity contribution in [2.45, 2.75) is 19.9 Å². The Hall–Kier alpha value is -2.25. The van der Waals surface area contributed by atoms with Gasteiger partial charge in [0, 0.05) is 29.9 Å². The third-order valence-electron chi connectivity index (χ3n) is 3.01. The van der Waals surface area contributed by atoms with E-state index in [4.69, 9.17) is 9.84 Å². The SMILES string of the molecule is COc1ccc(C#CCCO)cc1Cn1ccnc1C. The van der Waals surface area contributed by atoms with E-state index in [1.165, 1.54) is 0 Å². The lowest BCUT2D eigenvalue weighted by Gasteiger charge is -2.10. The highest BCUT2D eigenvalue weighted by atomic mass is 16.5. The van der Waals surface area contributed by atoms with E-state index in [1.54, 1.807) is 13.3 Å². The van der Waals surface area contributed by atoms with Crippen LogP contribution in [-0.2, 0) is 6.54 Å². The Kier molecular flexibility index (Phi) is 4.80. The second-order valence-corrected chi connectivity index (χ2v) is 4.40.